The summed E-state index contributed by atoms with van der Waals surface area (Å²) in [5, 5.41) is 10.9. The number of alkyl halides is 3. The molecule has 0 amide bonds. The third-order valence-corrected chi connectivity index (χ3v) is 2.52. The van der Waals surface area contributed by atoms with Gasteiger partial charge in [-0.3, -0.25) is 9.36 Å². The number of hydrogen-bond acceptors (Lipinski definition) is 3. The van der Waals surface area contributed by atoms with Crippen LogP contribution < -0.4 is 5.32 Å². The first-order valence-electron chi connectivity index (χ1n) is 5.66. The number of aryl methyl sites for hydroxylation is 2. The van der Waals surface area contributed by atoms with E-state index in [4.69, 9.17) is 0 Å². The van der Waals surface area contributed by atoms with Gasteiger partial charge in [-0.05, 0) is 6.92 Å². The highest BCUT2D eigenvalue weighted by Gasteiger charge is 2.28. The molecule has 2 rings (SSSR count). The third kappa shape index (κ3) is 3.73. The lowest BCUT2D eigenvalue weighted by Crippen LogP contribution is -2.17. The van der Waals surface area contributed by atoms with E-state index in [1.165, 1.54) is 12.4 Å². The van der Waals surface area contributed by atoms with E-state index in [-0.39, 0.29) is 0 Å². The van der Waals surface area contributed by atoms with E-state index in [1.807, 2.05) is 13.1 Å². The van der Waals surface area contributed by atoms with Crippen molar-refractivity contribution in [3.63, 3.8) is 0 Å². The molecule has 0 aromatic carbocycles. The normalized spacial score (nSPS) is 11.8. The summed E-state index contributed by atoms with van der Waals surface area (Å²) in [6.45, 7) is 1.19. The summed E-state index contributed by atoms with van der Waals surface area (Å²) in [6.07, 6.45) is 0.364. The van der Waals surface area contributed by atoms with Crippen LogP contribution in [-0.2, 0) is 20.1 Å². The Bertz CT molecular complexity index is 555. The van der Waals surface area contributed by atoms with Gasteiger partial charge in [-0.2, -0.15) is 23.4 Å². The molecule has 2 aromatic heterocycles. The zero-order valence-corrected chi connectivity index (χ0v) is 10.6. The van der Waals surface area contributed by atoms with Crippen LogP contribution in [0.15, 0.2) is 18.6 Å². The van der Waals surface area contributed by atoms with Crippen molar-refractivity contribution in [1.82, 2.24) is 19.6 Å². The summed E-state index contributed by atoms with van der Waals surface area (Å²) in [4.78, 5) is 0. The van der Waals surface area contributed by atoms with Gasteiger partial charge in [0.15, 0.2) is 0 Å². The van der Waals surface area contributed by atoms with Gasteiger partial charge in [-0.25, -0.2) is 0 Å². The van der Waals surface area contributed by atoms with Crippen LogP contribution in [-0.4, -0.2) is 25.7 Å². The molecule has 0 atom stereocenters. The lowest BCUT2D eigenvalue weighted by molar-refractivity contribution is -0.142. The van der Waals surface area contributed by atoms with Crippen molar-refractivity contribution in [2.75, 3.05) is 5.32 Å². The fourth-order valence-electron chi connectivity index (χ4n) is 1.74. The molecule has 0 saturated heterocycles. The quantitative estimate of drug-likeness (QED) is 0.928. The van der Waals surface area contributed by atoms with Crippen LogP contribution in [0.2, 0.25) is 0 Å². The zero-order chi connectivity index (χ0) is 14.0. The molecular weight excluding hydrogens is 259 g/mol. The van der Waals surface area contributed by atoms with Crippen molar-refractivity contribution in [2.45, 2.75) is 26.2 Å². The molecule has 19 heavy (non-hydrogen) atoms. The van der Waals surface area contributed by atoms with Crippen LogP contribution in [0.4, 0.5) is 18.9 Å². The summed E-state index contributed by atoms with van der Waals surface area (Å²) in [7, 11) is 1.81. The van der Waals surface area contributed by atoms with Crippen LogP contribution in [0.1, 0.15) is 11.3 Å². The zero-order valence-electron chi connectivity index (χ0n) is 10.6. The Balaban J connectivity index is 1.95. The maximum absolute atomic E-state index is 12.2. The van der Waals surface area contributed by atoms with Crippen LogP contribution in [0.5, 0.6) is 0 Å². The van der Waals surface area contributed by atoms with Gasteiger partial charge >= 0.3 is 6.18 Å². The van der Waals surface area contributed by atoms with E-state index in [0.717, 1.165) is 16.1 Å². The van der Waals surface area contributed by atoms with E-state index in [0.29, 0.717) is 12.1 Å². The van der Waals surface area contributed by atoms with Gasteiger partial charge in [0.05, 0.1) is 17.6 Å². The Labute approximate surface area is 108 Å². The highest BCUT2D eigenvalue weighted by Crippen LogP contribution is 2.17. The summed E-state index contributed by atoms with van der Waals surface area (Å²) in [6, 6.07) is 0. The van der Waals surface area contributed by atoms with Gasteiger partial charge < -0.3 is 5.32 Å². The van der Waals surface area contributed by atoms with E-state index in [2.05, 4.69) is 15.5 Å². The standard InChI is InChI=1S/C11H14F3N5/c1-8-10(6-18(2)17-8)15-3-9-4-16-19(5-9)7-11(12,13)14/h4-6,15H,3,7H2,1-2H3. The molecular formula is C11H14F3N5. The lowest BCUT2D eigenvalue weighted by atomic mass is 10.3. The van der Waals surface area contributed by atoms with E-state index < -0.39 is 12.7 Å². The van der Waals surface area contributed by atoms with Crippen molar-refractivity contribution in [1.29, 1.82) is 0 Å². The Morgan fingerprint density at radius 1 is 1.32 bits per heavy atom. The van der Waals surface area contributed by atoms with Gasteiger partial charge in [0.25, 0.3) is 0 Å². The Morgan fingerprint density at radius 2 is 2.05 bits per heavy atom. The predicted molar refractivity (Wildman–Crippen MR) is 63.6 cm³/mol. The molecule has 2 aromatic rings. The molecule has 1 N–H and O–H groups in total. The summed E-state index contributed by atoms with van der Waals surface area (Å²) in [5.41, 5.74) is 2.38. The monoisotopic (exact) mass is 273 g/mol. The largest absolute Gasteiger partial charge is 0.408 e. The topological polar surface area (TPSA) is 47.7 Å². The SMILES string of the molecule is Cc1nn(C)cc1NCc1cnn(CC(F)(F)F)c1. The Morgan fingerprint density at radius 3 is 2.63 bits per heavy atom. The van der Waals surface area contributed by atoms with E-state index in [9.17, 15) is 13.2 Å². The van der Waals surface area contributed by atoms with Gasteiger partial charge in [-0.15, -0.1) is 0 Å². The summed E-state index contributed by atoms with van der Waals surface area (Å²) in [5.74, 6) is 0. The minimum absolute atomic E-state index is 0.407. The average Bonchev–Trinajstić information content (AvgIpc) is 2.80. The number of rotatable bonds is 4. The van der Waals surface area contributed by atoms with Crippen LogP contribution in [0.25, 0.3) is 0 Å². The van der Waals surface area contributed by atoms with Gasteiger partial charge in [0, 0.05) is 31.5 Å². The first-order valence-corrected chi connectivity index (χ1v) is 5.66. The van der Waals surface area contributed by atoms with Crippen LogP contribution >= 0.6 is 0 Å². The second-order valence-corrected chi connectivity index (χ2v) is 4.32. The second-order valence-electron chi connectivity index (χ2n) is 4.32. The Hall–Kier alpha value is -1.99. The number of anilines is 1. The molecule has 104 valence electrons. The smallest absolute Gasteiger partial charge is 0.378 e. The summed E-state index contributed by atoms with van der Waals surface area (Å²) < 4.78 is 39.1. The van der Waals surface area contributed by atoms with E-state index >= 15 is 0 Å². The number of halogens is 3. The maximum Gasteiger partial charge on any atom is 0.408 e. The van der Waals surface area contributed by atoms with Gasteiger partial charge in [-0.1, -0.05) is 0 Å². The first kappa shape index (κ1) is 13.4. The fourth-order valence-corrected chi connectivity index (χ4v) is 1.74. The molecule has 2 heterocycles. The van der Waals surface area contributed by atoms with Crippen LogP contribution in [0, 0.1) is 6.92 Å². The highest BCUT2D eigenvalue weighted by molar-refractivity contribution is 5.45. The van der Waals surface area contributed by atoms with Crippen molar-refractivity contribution >= 4 is 5.69 Å². The van der Waals surface area contributed by atoms with Crippen molar-refractivity contribution in [3.05, 3.63) is 29.8 Å². The van der Waals surface area contributed by atoms with Crippen molar-refractivity contribution in [3.8, 4) is 0 Å². The minimum Gasteiger partial charge on any atom is -0.378 e. The van der Waals surface area contributed by atoms with Gasteiger partial charge in [0.2, 0.25) is 0 Å². The molecule has 0 aliphatic carbocycles. The third-order valence-electron chi connectivity index (χ3n) is 2.52. The highest BCUT2D eigenvalue weighted by atomic mass is 19.4. The number of hydrogen-bond donors (Lipinski definition) is 1. The molecule has 0 aliphatic rings. The molecule has 0 spiro atoms. The van der Waals surface area contributed by atoms with Crippen molar-refractivity contribution < 1.29 is 13.2 Å². The number of aromatic nitrogens is 4. The predicted octanol–water partition coefficient (Wildman–Crippen LogP) is 2.10. The Kier molecular flexibility index (Phi) is 3.50. The molecule has 0 unspecified atom stereocenters. The second kappa shape index (κ2) is 4.94. The molecule has 0 aliphatic heterocycles. The number of nitrogens with zero attached hydrogens (tertiary/aromatic N) is 4. The minimum atomic E-state index is -4.25. The van der Waals surface area contributed by atoms with Crippen molar-refractivity contribution in [2.24, 2.45) is 7.05 Å². The molecule has 0 radical (unpaired) electrons. The maximum atomic E-state index is 12.2. The average molecular weight is 273 g/mol. The van der Waals surface area contributed by atoms with Crippen LogP contribution in [0.3, 0.4) is 0 Å². The van der Waals surface area contributed by atoms with Gasteiger partial charge in [0.1, 0.15) is 6.54 Å². The summed E-state index contributed by atoms with van der Waals surface area (Å²) >= 11 is 0. The lowest BCUT2D eigenvalue weighted by Gasteiger charge is -2.05. The molecule has 0 saturated carbocycles. The number of nitrogens with one attached hydrogen (secondary N) is 1. The fraction of sp³-hybridized carbons (Fsp3) is 0.455. The molecule has 0 fully saturated rings. The molecule has 5 nitrogen and oxygen atoms in total. The molecule has 8 heteroatoms. The van der Waals surface area contributed by atoms with E-state index in [1.54, 1.807) is 11.7 Å². The molecule has 0 bridgehead atoms. The first-order chi connectivity index (χ1) is 8.83.